The summed E-state index contributed by atoms with van der Waals surface area (Å²) >= 11 is 0. The Kier molecular flexibility index (Phi) is 3.07. The van der Waals surface area contributed by atoms with Gasteiger partial charge >= 0.3 is 0 Å². The lowest BCUT2D eigenvalue weighted by molar-refractivity contribution is 0.837. The Morgan fingerprint density at radius 1 is 1.33 bits per heavy atom. The number of aliphatic imine (C=N–C) groups is 1. The third-order valence-electron chi connectivity index (χ3n) is 2.36. The SMILES string of the molecule is Nc1ccc(CCNC2=NCCN2)cc1. The molecular formula is C11H16N4. The Morgan fingerprint density at radius 3 is 2.80 bits per heavy atom. The van der Waals surface area contributed by atoms with Gasteiger partial charge in [-0.3, -0.25) is 4.99 Å². The summed E-state index contributed by atoms with van der Waals surface area (Å²) in [6.45, 7) is 2.73. The van der Waals surface area contributed by atoms with Crippen molar-refractivity contribution in [3.8, 4) is 0 Å². The molecule has 0 bridgehead atoms. The minimum Gasteiger partial charge on any atom is -0.399 e. The summed E-state index contributed by atoms with van der Waals surface area (Å²) in [5.41, 5.74) is 7.71. The van der Waals surface area contributed by atoms with Crippen LogP contribution in [0.2, 0.25) is 0 Å². The molecule has 4 N–H and O–H groups in total. The van der Waals surface area contributed by atoms with Crippen LogP contribution in [0, 0.1) is 0 Å². The predicted molar refractivity (Wildman–Crippen MR) is 62.9 cm³/mol. The van der Waals surface area contributed by atoms with E-state index in [1.54, 1.807) is 0 Å². The van der Waals surface area contributed by atoms with Crippen LogP contribution in [0.1, 0.15) is 5.56 Å². The van der Waals surface area contributed by atoms with Crippen molar-refractivity contribution in [1.82, 2.24) is 10.6 Å². The summed E-state index contributed by atoms with van der Waals surface area (Å²) < 4.78 is 0. The number of guanidine groups is 1. The molecule has 0 aliphatic carbocycles. The van der Waals surface area contributed by atoms with Gasteiger partial charge in [0.05, 0.1) is 6.54 Å². The van der Waals surface area contributed by atoms with Crippen LogP contribution in [0.25, 0.3) is 0 Å². The van der Waals surface area contributed by atoms with Gasteiger partial charge in [0, 0.05) is 18.8 Å². The molecule has 1 heterocycles. The normalized spacial score (nSPS) is 14.5. The van der Waals surface area contributed by atoms with Crippen molar-refractivity contribution in [2.24, 2.45) is 4.99 Å². The molecule has 0 atom stereocenters. The van der Waals surface area contributed by atoms with Gasteiger partial charge in [-0.05, 0) is 24.1 Å². The monoisotopic (exact) mass is 204 g/mol. The van der Waals surface area contributed by atoms with Crippen LogP contribution in [0.4, 0.5) is 5.69 Å². The third kappa shape index (κ3) is 2.87. The number of rotatable bonds is 3. The third-order valence-corrected chi connectivity index (χ3v) is 2.36. The van der Waals surface area contributed by atoms with E-state index in [2.05, 4.69) is 27.8 Å². The summed E-state index contributed by atoms with van der Waals surface area (Å²) in [4.78, 5) is 4.26. The van der Waals surface area contributed by atoms with Crippen LogP contribution in [-0.4, -0.2) is 25.6 Å². The second-order valence-corrected chi connectivity index (χ2v) is 3.58. The Hall–Kier alpha value is -1.71. The largest absolute Gasteiger partial charge is 0.399 e. The number of benzene rings is 1. The molecule has 0 saturated carbocycles. The fourth-order valence-corrected chi connectivity index (χ4v) is 1.53. The molecule has 0 unspecified atom stereocenters. The highest BCUT2D eigenvalue weighted by atomic mass is 15.2. The highest BCUT2D eigenvalue weighted by molar-refractivity contribution is 5.81. The molecule has 4 nitrogen and oxygen atoms in total. The first-order valence-electron chi connectivity index (χ1n) is 5.21. The van der Waals surface area contributed by atoms with Crippen LogP contribution in [0.15, 0.2) is 29.3 Å². The minimum absolute atomic E-state index is 0.813. The highest BCUT2D eigenvalue weighted by Gasteiger charge is 2.02. The van der Waals surface area contributed by atoms with E-state index >= 15 is 0 Å². The molecule has 0 aromatic heterocycles. The highest BCUT2D eigenvalue weighted by Crippen LogP contribution is 2.05. The summed E-state index contributed by atoms with van der Waals surface area (Å²) in [5, 5.41) is 6.42. The molecule has 15 heavy (non-hydrogen) atoms. The molecule has 0 amide bonds. The van der Waals surface area contributed by atoms with Gasteiger partial charge in [-0.15, -0.1) is 0 Å². The molecule has 0 spiro atoms. The second kappa shape index (κ2) is 4.68. The first-order valence-corrected chi connectivity index (χ1v) is 5.21. The number of anilines is 1. The first-order chi connectivity index (χ1) is 7.34. The maximum absolute atomic E-state index is 5.61. The Labute approximate surface area is 89.6 Å². The van der Waals surface area contributed by atoms with Gasteiger partial charge in [0.2, 0.25) is 0 Å². The summed E-state index contributed by atoms with van der Waals surface area (Å²) in [6.07, 6.45) is 0.987. The van der Waals surface area contributed by atoms with Crippen molar-refractivity contribution in [3.05, 3.63) is 29.8 Å². The van der Waals surface area contributed by atoms with Crippen LogP contribution in [-0.2, 0) is 6.42 Å². The molecule has 0 radical (unpaired) electrons. The molecule has 4 heteroatoms. The molecule has 1 aliphatic heterocycles. The lowest BCUT2D eigenvalue weighted by Gasteiger charge is -2.06. The summed E-state index contributed by atoms with van der Waals surface area (Å²) in [6, 6.07) is 7.98. The smallest absolute Gasteiger partial charge is 0.191 e. The quantitative estimate of drug-likeness (QED) is 0.623. The second-order valence-electron chi connectivity index (χ2n) is 3.58. The Balaban J connectivity index is 1.75. The lowest BCUT2D eigenvalue weighted by atomic mass is 10.1. The van der Waals surface area contributed by atoms with Gasteiger partial charge in [-0.2, -0.15) is 0 Å². The van der Waals surface area contributed by atoms with E-state index in [-0.39, 0.29) is 0 Å². The van der Waals surface area contributed by atoms with Crippen LogP contribution in [0.5, 0.6) is 0 Å². The average Bonchev–Trinajstić information content (AvgIpc) is 2.74. The number of nitrogens with zero attached hydrogens (tertiary/aromatic N) is 1. The molecule has 2 rings (SSSR count). The average molecular weight is 204 g/mol. The maximum Gasteiger partial charge on any atom is 0.191 e. The van der Waals surface area contributed by atoms with E-state index in [1.807, 2.05) is 12.1 Å². The zero-order valence-electron chi connectivity index (χ0n) is 8.66. The van der Waals surface area contributed by atoms with Crippen molar-refractivity contribution in [1.29, 1.82) is 0 Å². The lowest BCUT2D eigenvalue weighted by Crippen LogP contribution is -2.34. The van der Waals surface area contributed by atoms with Crippen LogP contribution in [0.3, 0.4) is 0 Å². The van der Waals surface area contributed by atoms with E-state index in [0.717, 1.165) is 37.7 Å². The molecule has 1 aromatic rings. The van der Waals surface area contributed by atoms with Gasteiger partial charge in [-0.25, -0.2) is 0 Å². The minimum atomic E-state index is 0.813. The van der Waals surface area contributed by atoms with Crippen molar-refractivity contribution >= 4 is 11.6 Å². The standard InChI is InChI=1S/C11H16N4/c12-10-3-1-9(2-4-10)5-6-13-11-14-7-8-15-11/h1-4H,5-8,12H2,(H2,13,14,15). The fourth-order valence-electron chi connectivity index (χ4n) is 1.53. The molecule has 0 fully saturated rings. The molecule has 0 saturated heterocycles. The van der Waals surface area contributed by atoms with Crippen molar-refractivity contribution < 1.29 is 0 Å². The number of hydrogen-bond donors (Lipinski definition) is 3. The maximum atomic E-state index is 5.61. The first kappa shape index (κ1) is 9.83. The summed E-state index contributed by atoms with van der Waals surface area (Å²) in [7, 11) is 0. The predicted octanol–water partition coefficient (Wildman–Crippen LogP) is 0.360. The molecule has 80 valence electrons. The number of nitrogens with two attached hydrogens (primary N) is 1. The topological polar surface area (TPSA) is 62.4 Å². The van der Waals surface area contributed by atoms with Gasteiger partial charge in [0.1, 0.15) is 0 Å². The number of hydrogen-bond acceptors (Lipinski definition) is 4. The van der Waals surface area contributed by atoms with E-state index < -0.39 is 0 Å². The zero-order valence-corrected chi connectivity index (χ0v) is 8.66. The molecular weight excluding hydrogens is 188 g/mol. The molecule has 1 aromatic carbocycles. The van der Waals surface area contributed by atoms with Crippen LogP contribution < -0.4 is 16.4 Å². The van der Waals surface area contributed by atoms with E-state index in [4.69, 9.17) is 5.73 Å². The van der Waals surface area contributed by atoms with E-state index in [0.29, 0.717) is 0 Å². The van der Waals surface area contributed by atoms with Crippen molar-refractivity contribution in [2.75, 3.05) is 25.4 Å². The zero-order chi connectivity index (χ0) is 10.5. The summed E-state index contributed by atoms with van der Waals surface area (Å²) in [5.74, 6) is 0.922. The number of nitrogens with one attached hydrogen (secondary N) is 2. The van der Waals surface area contributed by atoms with Gasteiger partial charge in [0.25, 0.3) is 0 Å². The Bertz CT molecular complexity index is 342. The van der Waals surface area contributed by atoms with Crippen LogP contribution >= 0.6 is 0 Å². The van der Waals surface area contributed by atoms with Crippen molar-refractivity contribution in [2.45, 2.75) is 6.42 Å². The Morgan fingerprint density at radius 2 is 2.13 bits per heavy atom. The molecule has 1 aliphatic rings. The van der Waals surface area contributed by atoms with Gasteiger partial charge in [0.15, 0.2) is 5.96 Å². The number of nitrogen functional groups attached to an aromatic ring is 1. The van der Waals surface area contributed by atoms with E-state index in [9.17, 15) is 0 Å². The van der Waals surface area contributed by atoms with Gasteiger partial charge in [-0.1, -0.05) is 12.1 Å². The fraction of sp³-hybridized carbons (Fsp3) is 0.364. The van der Waals surface area contributed by atoms with E-state index in [1.165, 1.54) is 5.56 Å². The van der Waals surface area contributed by atoms with Gasteiger partial charge < -0.3 is 16.4 Å². The van der Waals surface area contributed by atoms with Crippen molar-refractivity contribution in [3.63, 3.8) is 0 Å².